The summed E-state index contributed by atoms with van der Waals surface area (Å²) in [6, 6.07) is 15.8. The average Bonchev–Trinajstić information content (AvgIpc) is 3.51. The number of carbonyl (C=O) groups is 1. The van der Waals surface area contributed by atoms with Crippen LogP contribution in [0.2, 0.25) is 5.02 Å². The Hall–Kier alpha value is -3.58. The third-order valence-electron chi connectivity index (χ3n) is 7.02. The van der Waals surface area contributed by atoms with Crippen molar-refractivity contribution >= 4 is 29.3 Å². The summed E-state index contributed by atoms with van der Waals surface area (Å²) in [5, 5.41) is 11.4. The number of amides is 1. The van der Waals surface area contributed by atoms with Crippen molar-refractivity contribution in [1.82, 2.24) is 14.8 Å². The average molecular weight is 533 g/mol. The van der Waals surface area contributed by atoms with E-state index in [0.717, 1.165) is 53.2 Å². The predicted molar refractivity (Wildman–Crippen MR) is 150 cm³/mol. The van der Waals surface area contributed by atoms with Crippen LogP contribution < -0.4 is 9.47 Å². The summed E-state index contributed by atoms with van der Waals surface area (Å²) in [5.74, 6) is 1.44. The Labute approximate surface area is 228 Å². The predicted octanol–water partition coefficient (Wildman–Crippen LogP) is 6.79. The highest BCUT2D eigenvalue weighted by atomic mass is 35.5. The highest BCUT2D eigenvalue weighted by molar-refractivity contribution is 6.33. The maximum atomic E-state index is 13.9. The van der Waals surface area contributed by atoms with Crippen molar-refractivity contribution in [3.05, 3.63) is 82.1 Å². The van der Waals surface area contributed by atoms with E-state index in [9.17, 15) is 4.79 Å². The first-order valence-corrected chi connectivity index (χ1v) is 13.7. The van der Waals surface area contributed by atoms with Crippen molar-refractivity contribution in [1.29, 1.82) is 0 Å². The number of rotatable bonds is 8. The molecule has 0 radical (unpaired) electrons. The van der Waals surface area contributed by atoms with Gasteiger partial charge in [0.15, 0.2) is 5.69 Å². The van der Waals surface area contributed by atoms with Crippen LogP contribution in [0, 0.1) is 5.92 Å². The minimum Gasteiger partial charge on any atom is -0.494 e. The van der Waals surface area contributed by atoms with Crippen LogP contribution in [0.4, 0.5) is 0 Å². The molecule has 2 heterocycles. The molecule has 38 heavy (non-hydrogen) atoms. The van der Waals surface area contributed by atoms with E-state index in [1.807, 2.05) is 57.2 Å². The lowest BCUT2D eigenvalue weighted by atomic mass is 9.77. The molecule has 3 aromatic rings. The molecule has 0 spiro atoms. The fourth-order valence-electron chi connectivity index (χ4n) is 5.27. The third-order valence-corrected chi connectivity index (χ3v) is 7.29. The molecule has 0 saturated heterocycles. The summed E-state index contributed by atoms with van der Waals surface area (Å²) >= 11 is 6.45. The maximum Gasteiger partial charge on any atom is 0.296 e. The molecule has 1 aromatic heterocycles. The van der Waals surface area contributed by atoms with Gasteiger partial charge in [0, 0.05) is 18.7 Å². The van der Waals surface area contributed by atoms with Crippen molar-refractivity contribution < 1.29 is 14.3 Å². The molecule has 7 nitrogen and oxygen atoms in total. The van der Waals surface area contributed by atoms with E-state index < -0.39 is 0 Å². The van der Waals surface area contributed by atoms with Gasteiger partial charge in [-0.2, -0.15) is 10.2 Å². The molecule has 5 rings (SSSR count). The summed E-state index contributed by atoms with van der Waals surface area (Å²) in [7, 11) is 0. The zero-order chi connectivity index (χ0) is 26.6. The zero-order valence-electron chi connectivity index (χ0n) is 22.1. The summed E-state index contributed by atoms with van der Waals surface area (Å²) in [6.45, 7) is 7.76. The van der Waals surface area contributed by atoms with Gasteiger partial charge in [0.1, 0.15) is 11.5 Å². The Balaban J connectivity index is 1.53. The molecule has 2 aromatic carbocycles. The molecule has 0 unspecified atom stereocenters. The molecule has 1 saturated carbocycles. The number of hydrogen-bond donors (Lipinski definition) is 0. The zero-order valence-corrected chi connectivity index (χ0v) is 22.8. The van der Waals surface area contributed by atoms with E-state index >= 15 is 0 Å². The van der Waals surface area contributed by atoms with Crippen LogP contribution in [0.5, 0.6) is 11.5 Å². The van der Waals surface area contributed by atoms with Crippen molar-refractivity contribution in [3.63, 3.8) is 0 Å². The van der Waals surface area contributed by atoms with Crippen LogP contribution in [-0.4, -0.2) is 39.6 Å². The Kier molecular flexibility index (Phi) is 7.84. The van der Waals surface area contributed by atoms with Crippen molar-refractivity contribution in [2.75, 3.05) is 13.2 Å². The molecule has 1 aliphatic carbocycles. The molecule has 0 N–H and O–H groups in total. The van der Waals surface area contributed by atoms with Gasteiger partial charge in [-0.3, -0.25) is 9.48 Å². The number of aromatic nitrogens is 2. The number of aryl methyl sites for hydroxylation is 1. The van der Waals surface area contributed by atoms with Gasteiger partial charge < -0.3 is 9.47 Å². The first kappa shape index (κ1) is 26.0. The highest BCUT2D eigenvalue weighted by Gasteiger charge is 2.44. The van der Waals surface area contributed by atoms with Crippen LogP contribution in [0.3, 0.4) is 0 Å². The number of carbonyl (C=O) groups excluding carboxylic acids is 1. The summed E-state index contributed by atoms with van der Waals surface area (Å²) in [6.07, 6.45) is 6.74. The Morgan fingerprint density at radius 2 is 1.68 bits per heavy atom. The van der Waals surface area contributed by atoms with Gasteiger partial charge in [-0.15, -0.1) is 0 Å². The van der Waals surface area contributed by atoms with Gasteiger partial charge in [0.05, 0.1) is 30.0 Å². The lowest BCUT2D eigenvalue weighted by Gasteiger charge is -2.29. The second-order valence-corrected chi connectivity index (χ2v) is 9.84. The third kappa shape index (κ3) is 5.20. The fourth-order valence-corrected chi connectivity index (χ4v) is 5.50. The molecular weight excluding hydrogens is 500 g/mol. The molecule has 198 valence electrons. The lowest BCUT2D eigenvalue weighted by Crippen LogP contribution is -2.32. The molecule has 1 aliphatic heterocycles. The number of allylic oxidation sites excluding steroid dienone is 1. The standard InChI is InChI=1S/C30H33ClN4O3/c1-4-34-19-26(31)28(32-34)30(36)35-29(21-12-16-24(17-13-21)38-6-3)25-9-7-8-22(27(25)33-35)18-20-10-14-23(15-11-20)37-5-2/h10-19,25,29H,4-9H2,1-3H3/b22-18+/t25-,29+/m0/s1. The quantitative estimate of drug-likeness (QED) is 0.320. The van der Waals surface area contributed by atoms with Gasteiger partial charge in [-0.25, -0.2) is 5.01 Å². The number of benzene rings is 2. The summed E-state index contributed by atoms with van der Waals surface area (Å²) in [4.78, 5) is 13.9. The van der Waals surface area contributed by atoms with Gasteiger partial charge in [-0.1, -0.05) is 35.9 Å². The smallest absolute Gasteiger partial charge is 0.296 e. The Morgan fingerprint density at radius 1 is 1.03 bits per heavy atom. The van der Waals surface area contributed by atoms with E-state index in [1.54, 1.807) is 15.9 Å². The highest BCUT2D eigenvalue weighted by Crippen LogP contribution is 2.45. The lowest BCUT2D eigenvalue weighted by molar-refractivity contribution is 0.0674. The minimum atomic E-state index is -0.289. The van der Waals surface area contributed by atoms with E-state index in [1.165, 1.54) is 0 Å². The number of hydrazone groups is 1. The summed E-state index contributed by atoms with van der Waals surface area (Å²) in [5.41, 5.74) is 4.44. The first-order valence-electron chi connectivity index (χ1n) is 13.3. The normalized spacial score (nSPS) is 19.8. The van der Waals surface area contributed by atoms with Crippen LogP contribution in [-0.2, 0) is 6.54 Å². The van der Waals surface area contributed by atoms with Crippen molar-refractivity contribution in [2.45, 2.75) is 52.6 Å². The summed E-state index contributed by atoms with van der Waals surface area (Å²) < 4.78 is 12.9. The minimum absolute atomic E-state index is 0.0756. The molecule has 8 heteroatoms. The molecule has 2 aliphatic rings. The van der Waals surface area contributed by atoms with Gasteiger partial charge >= 0.3 is 0 Å². The fraction of sp³-hybridized carbons (Fsp3) is 0.367. The largest absolute Gasteiger partial charge is 0.494 e. The van der Waals surface area contributed by atoms with E-state index in [4.69, 9.17) is 26.2 Å². The molecular formula is C30H33ClN4O3. The van der Waals surface area contributed by atoms with E-state index in [2.05, 4.69) is 23.3 Å². The van der Waals surface area contributed by atoms with Gasteiger partial charge in [0.25, 0.3) is 5.91 Å². The molecule has 1 fully saturated rings. The molecule has 0 bridgehead atoms. The Morgan fingerprint density at radius 3 is 2.29 bits per heavy atom. The second kappa shape index (κ2) is 11.4. The Bertz CT molecular complexity index is 1340. The monoisotopic (exact) mass is 532 g/mol. The SMILES string of the molecule is CCOc1ccc(/C=C2\CCC[C@H]3C2=NN(C(=O)c2nn(CC)cc2Cl)[C@@H]3c2ccc(OCC)cc2)cc1. The number of ether oxygens (including phenoxy) is 2. The topological polar surface area (TPSA) is 69.0 Å². The number of hydrogen-bond acceptors (Lipinski definition) is 5. The van der Waals surface area contributed by atoms with E-state index in [-0.39, 0.29) is 23.6 Å². The van der Waals surface area contributed by atoms with Gasteiger partial charge in [-0.05, 0) is 87.1 Å². The van der Waals surface area contributed by atoms with Crippen LogP contribution in [0.25, 0.3) is 6.08 Å². The van der Waals surface area contributed by atoms with Crippen LogP contribution >= 0.6 is 11.6 Å². The van der Waals surface area contributed by atoms with E-state index in [0.29, 0.717) is 24.8 Å². The number of nitrogens with zero attached hydrogens (tertiary/aromatic N) is 4. The molecule has 1 amide bonds. The number of halogens is 1. The second-order valence-electron chi connectivity index (χ2n) is 9.43. The first-order chi connectivity index (χ1) is 18.5. The molecule has 2 atom stereocenters. The maximum absolute atomic E-state index is 13.9. The van der Waals surface area contributed by atoms with Crippen LogP contribution in [0.15, 0.2) is 65.4 Å². The van der Waals surface area contributed by atoms with Crippen molar-refractivity contribution in [2.24, 2.45) is 11.0 Å². The van der Waals surface area contributed by atoms with Crippen LogP contribution in [0.1, 0.15) is 67.7 Å². The van der Waals surface area contributed by atoms with Gasteiger partial charge in [0.2, 0.25) is 0 Å². The van der Waals surface area contributed by atoms with Crippen molar-refractivity contribution in [3.8, 4) is 11.5 Å². The number of fused-ring (bicyclic) bond motifs is 1.